The maximum atomic E-state index is 13.8. The molecule has 122 valence electrons. The van der Waals surface area contributed by atoms with Crippen molar-refractivity contribution in [2.45, 2.75) is 45.3 Å². The molecule has 0 bridgehead atoms. The minimum Gasteiger partial charge on any atom is -0.466 e. The molecule has 1 aliphatic heterocycles. The van der Waals surface area contributed by atoms with Gasteiger partial charge < -0.3 is 19.5 Å². The number of hydrogen-bond acceptors (Lipinski definition) is 5. The van der Waals surface area contributed by atoms with Gasteiger partial charge in [-0.2, -0.15) is 0 Å². The Kier molecular flexibility index (Phi) is 5.14. The van der Waals surface area contributed by atoms with Gasteiger partial charge in [0.1, 0.15) is 17.6 Å². The second-order valence-electron chi connectivity index (χ2n) is 5.93. The van der Waals surface area contributed by atoms with E-state index in [2.05, 4.69) is 4.74 Å². The molecule has 21 heavy (non-hydrogen) atoms. The molecule has 0 spiro atoms. The monoisotopic (exact) mass is 309 g/mol. The number of rotatable bonds is 2. The lowest BCUT2D eigenvalue weighted by atomic mass is 9.92. The Morgan fingerprint density at radius 3 is 2.43 bits per heavy atom. The first-order valence-corrected chi connectivity index (χ1v) is 6.68. The van der Waals surface area contributed by atoms with Gasteiger partial charge in [-0.3, -0.25) is 4.79 Å². The number of likely N-dealkylation sites (tertiary alicyclic amines) is 1. The van der Waals surface area contributed by atoms with Gasteiger partial charge in [0.05, 0.1) is 13.2 Å². The summed E-state index contributed by atoms with van der Waals surface area (Å²) in [5.74, 6) is -6.06. The number of carbonyl (C=O) groups excluding carboxylic acids is 2. The molecule has 1 saturated heterocycles. The van der Waals surface area contributed by atoms with Crippen LogP contribution < -0.4 is 0 Å². The molecule has 1 aliphatic rings. The summed E-state index contributed by atoms with van der Waals surface area (Å²) >= 11 is 0. The topological polar surface area (TPSA) is 76.1 Å². The van der Waals surface area contributed by atoms with Crippen molar-refractivity contribution in [3.63, 3.8) is 0 Å². The number of amides is 1. The van der Waals surface area contributed by atoms with Crippen LogP contribution in [-0.4, -0.2) is 59.4 Å². The highest BCUT2D eigenvalue weighted by molar-refractivity contribution is 5.76. The van der Waals surface area contributed by atoms with Gasteiger partial charge in [0.25, 0.3) is 5.92 Å². The second kappa shape index (κ2) is 6.13. The van der Waals surface area contributed by atoms with Crippen molar-refractivity contribution in [1.29, 1.82) is 0 Å². The first-order chi connectivity index (χ1) is 9.48. The highest BCUT2D eigenvalue weighted by Gasteiger charge is 2.53. The quantitative estimate of drug-likeness (QED) is 0.781. The number of aliphatic hydroxyl groups excluding tert-OH is 1. The predicted molar refractivity (Wildman–Crippen MR) is 68.9 cm³/mol. The van der Waals surface area contributed by atoms with E-state index >= 15 is 0 Å². The van der Waals surface area contributed by atoms with Crippen molar-refractivity contribution in [3.05, 3.63) is 0 Å². The zero-order valence-corrected chi connectivity index (χ0v) is 12.6. The van der Waals surface area contributed by atoms with E-state index in [1.807, 2.05) is 0 Å². The molecule has 1 fully saturated rings. The molecule has 8 heteroatoms. The van der Waals surface area contributed by atoms with Crippen LogP contribution in [-0.2, 0) is 14.3 Å². The summed E-state index contributed by atoms with van der Waals surface area (Å²) in [6.45, 7) is 4.96. The van der Waals surface area contributed by atoms with Crippen LogP contribution in [0.5, 0.6) is 0 Å². The molecule has 1 rings (SSSR count). The summed E-state index contributed by atoms with van der Waals surface area (Å²) in [5, 5.41) is 9.60. The smallest absolute Gasteiger partial charge is 0.410 e. The van der Waals surface area contributed by atoms with Crippen LogP contribution in [0.2, 0.25) is 0 Å². The van der Waals surface area contributed by atoms with Crippen LogP contribution in [0.4, 0.5) is 13.6 Å². The molecule has 1 amide bonds. The lowest BCUT2D eigenvalue weighted by molar-refractivity contribution is -0.190. The Labute approximate surface area is 122 Å². The van der Waals surface area contributed by atoms with E-state index in [0.29, 0.717) is 0 Å². The van der Waals surface area contributed by atoms with Gasteiger partial charge in [-0.25, -0.2) is 13.6 Å². The fourth-order valence-electron chi connectivity index (χ4n) is 1.96. The van der Waals surface area contributed by atoms with E-state index in [1.54, 1.807) is 20.8 Å². The van der Waals surface area contributed by atoms with Crippen molar-refractivity contribution < 1.29 is 33.0 Å². The Balaban J connectivity index is 2.89. The van der Waals surface area contributed by atoms with E-state index in [4.69, 9.17) is 4.74 Å². The van der Waals surface area contributed by atoms with Crippen LogP contribution in [0, 0.1) is 5.92 Å². The van der Waals surface area contributed by atoms with Crippen molar-refractivity contribution in [1.82, 2.24) is 4.90 Å². The summed E-state index contributed by atoms with van der Waals surface area (Å²) in [6.07, 6.45) is -3.14. The number of alkyl halides is 2. The van der Waals surface area contributed by atoms with Gasteiger partial charge in [0, 0.05) is 6.54 Å². The average molecular weight is 309 g/mol. The molecule has 2 atom stereocenters. The molecule has 0 saturated carbocycles. The van der Waals surface area contributed by atoms with Crippen molar-refractivity contribution >= 4 is 12.1 Å². The number of nitrogens with zero attached hydrogens (tertiary/aromatic N) is 1. The fraction of sp³-hybridized carbons (Fsp3) is 0.846. The molecular formula is C13H21F2NO5. The van der Waals surface area contributed by atoms with Gasteiger partial charge in [0.15, 0.2) is 0 Å². The number of ether oxygens (including phenoxy) is 2. The van der Waals surface area contributed by atoms with Crippen LogP contribution in [0.3, 0.4) is 0 Å². The SMILES string of the molecule is CCOC(=O)[C@H]1CN(C(=O)OC(C)(C)C)CC(F)(F)[C@H]1O. The molecule has 0 unspecified atom stereocenters. The van der Waals surface area contributed by atoms with E-state index < -0.39 is 42.2 Å². The number of carbonyl (C=O) groups is 2. The molecule has 0 aliphatic carbocycles. The highest BCUT2D eigenvalue weighted by Crippen LogP contribution is 2.32. The first-order valence-electron chi connectivity index (χ1n) is 6.68. The zero-order chi connectivity index (χ0) is 16.4. The minimum atomic E-state index is -3.60. The molecular weight excluding hydrogens is 288 g/mol. The molecule has 0 aromatic heterocycles. The van der Waals surface area contributed by atoms with E-state index in [0.717, 1.165) is 4.90 Å². The summed E-state index contributed by atoms with van der Waals surface area (Å²) in [7, 11) is 0. The lowest BCUT2D eigenvalue weighted by Crippen LogP contribution is -2.60. The number of esters is 1. The number of hydrogen-bond donors (Lipinski definition) is 1. The van der Waals surface area contributed by atoms with Gasteiger partial charge in [-0.1, -0.05) is 0 Å². The molecule has 0 aromatic rings. The third-order valence-corrected chi connectivity index (χ3v) is 2.87. The summed E-state index contributed by atoms with van der Waals surface area (Å²) in [4.78, 5) is 24.2. The second-order valence-corrected chi connectivity index (χ2v) is 5.93. The van der Waals surface area contributed by atoms with E-state index in [9.17, 15) is 23.5 Å². The largest absolute Gasteiger partial charge is 0.466 e. The van der Waals surface area contributed by atoms with Crippen LogP contribution in [0.25, 0.3) is 0 Å². The first kappa shape index (κ1) is 17.6. The van der Waals surface area contributed by atoms with Crippen molar-refractivity contribution in [3.8, 4) is 0 Å². The van der Waals surface area contributed by atoms with E-state index in [-0.39, 0.29) is 13.2 Å². The Morgan fingerprint density at radius 1 is 1.38 bits per heavy atom. The highest BCUT2D eigenvalue weighted by atomic mass is 19.3. The van der Waals surface area contributed by atoms with Crippen LogP contribution in [0.1, 0.15) is 27.7 Å². The lowest BCUT2D eigenvalue weighted by Gasteiger charge is -2.40. The molecule has 0 aromatic carbocycles. The standard InChI is InChI=1S/C13H21F2NO5/c1-5-20-10(18)8-6-16(7-13(14,15)9(8)17)11(19)21-12(2,3)4/h8-9,17H,5-7H2,1-4H3/t8-,9-/m0/s1. The van der Waals surface area contributed by atoms with E-state index in [1.165, 1.54) is 6.92 Å². The number of aliphatic hydroxyl groups is 1. The van der Waals surface area contributed by atoms with Gasteiger partial charge in [0.2, 0.25) is 0 Å². The average Bonchev–Trinajstić information content (AvgIpc) is 2.30. The molecule has 0 radical (unpaired) electrons. The molecule has 1 heterocycles. The van der Waals surface area contributed by atoms with Gasteiger partial charge >= 0.3 is 12.1 Å². The zero-order valence-electron chi connectivity index (χ0n) is 12.6. The Bertz CT molecular complexity index is 408. The van der Waals surface area contributed by atoms with Crippen LogP contribution in [0.15, 0.2) is 0 Å². The predicted octanol–water partition coefficient (Wildman–Crippen LogP) is 1.41. The summed E-state index contributed by atoms with van der Waals surface area (Å²) < 4.78 is 37.2. The summed E-state index contributed by atoms with van der Waals surface area (Å²) in [6, 6.07) is 0. The third kappa shape index (κ3) is 4.52. The third-order valence-electron chi connectivity index (χ3n) is 2.87. The van der Waals surface area contributed by atoms with Gasteiger partial charge in [-0.15, -0.1) is 0 Å². The molecule has 6 nitrogen and oxygen atoms in total. The minimum absolute atomic E-state index is 0.0000618. The number of halogens is 2. The maximum Gasteiger partial charge on any atom is 0.410 e. The number of piperidine rings is 1. The fourth-order valence-corrected chi connectivity index (χ4v) is 1.96. The van der Waals surface area contributed by atoms with Crippen molar-refractivity contribution in [2.75, 3.05) is 19.7 Å². The van der Waals surface area contributed by atoms with Crippen LogP contribution >= 0.6 is 0 Å². The normalized spacial score (nSPS) is 25.4. The van der Waals surface area contributed by atoms with Crippen molar-refractivity contribution in [2.24, 2.45) is 5.92 Å². The Morgan fingerprint density at radius 2 is 1.95 bits per heavy atom. The maximum absolute atomic E-state index is 13.8. The molecule has 1 N–H and O–H groups in total. The van der Waals surface area contributed by atoms with Gasteiger partial charge in [-0.05, 0) is 27.7 Å². The Hall–Kier alpha value is -1.44. The summed E-state index contributed by atoms with van der Waals surface area (Å²) in [5.41, 5.74) is -0.845.